The molecule has 0 aromatic heterocycles. The van der Waals surface area contributed by atoms with Gasteiger partial charge in [0, 0.05) is 19.0 Å². The molecule has 9 heteroatoms. The summed E-state index contributed by atoms with van der Waals surface area (Å²) in [6.45, 7) is 0.944. The molecule has 26 heavy (non-hydrogen) atoms. The molecule has 1 atom stereocenters. The molecule has 2 aliphatic heterocycles. The Morgan fingerprint density at radius 1 is 1.23 bits per heavy atom. The van der Waals surface area contributed by atoms with Crippen molar-refractivity contribution in [3.05, 3.63) is 29.3 Å². The lowest BCUT2D eigenvalue weighted by Crippen LogP contribution is -2.56. The molecule has 4 amide bonds. The maximum Gasteiger partial charge on any atom is 0.302 e. The standard InChI is InChI=1S/C17H17N3O6/c1-9(21)26-8-7-19-13(22)6-5-12(16(19)24)20-15(23)10-3-2-4-11(18)14(10)17(20)25/h2-4,12H,5-8,18H2,1H3. The highest BCUT2D eigenvalue weighted by atomic mass is 16.5. The summed E-state index contributed by atoms with van der Waals surface area (Å²) in [6, 6.07) is 3.45. The number of carbonyl (C=O) groups is 5. The van der Waals surface area contributed by atoms with Crippen LogP contribution in [0, 0.1) is 0 Å². The average Bonchev–Trinajstić information content (AvgIpc) is 2.83. The molecule has 136 valence electrons. The Morgan fingerprint density at radius 3 is 2.62 bits per heavy atom. The fourth-order valence-corrected chi connectivity index (χ4v) is 3.19. The molecule has 1 saturated heterocycles. The van der Waals surface area contributed by atoms with Crippen LogP contribution in [0.15, 0.2) is 18.2 Å². The highest BCUT2D eigenvalue weighted by Gasteiger charge is 2.47. The number of piperidine rings is 1. The van der Waals surface area contributed by atoms with Gasteiger partial charge in [-0.1, -0.05) is 6.07 Å². The van der Waals surface area contributed by atoms with Gasteiger partial charge < -0.3 is 10.5 Å². The Morgan fingerprint density at radius 2 is 1.96 bits per heavy atom. The summed E-state index contributed by atoms with van der Waals surface area (Å²) in [7, 11) is 0. The van der Waals surface area contributed by atoms with Crippen LogP contribution in [0.5, 0.6) is 0 Å². The molecule has 1 aromatic rings. The summed E-state index contributed by atoms with van der Waals surface area (Å²) < 4.78 is 4.76. The van der Waals surface area contributed by atoms with Crippen molar-refractivity contribution in [3.8, 4) is 0 Å². The third kappa shape index (κ3) is 2.81. The second kappa shape index (κ2) is 6.58. The highest BCUT2D eigenvalue weighted by molar-refractivity contribution is 6.25. The lowest BCUT2D eigenvalue weighted by molar-refractivity contribution is -0.155. The van der Waals surface area contributed by atoms with Crippen LogP contribution < -0.4 is 5.73 Å². The quantitative estimate of drug-likeness (QED) is 0.453. The number of hydrogen-bond acceptors (Lipinski definition) is 7. The largest absolute Gasteiger partial charge is 0.464 e. The number of likely N-dealkylation sites (tertiary alicyclic amines) is 1. The number of nitrogens with two attached hydrogens (primary N) is 1. The van der Waals surface area contributed by atoms with Crippen LogP contribution in [-0.2, 0) is 19.1 Å². The minimum atomic E-state index is -1.09. The van der Waals surface area contributed by atoms with E-state index in [2.05, 4.69) is 0 Å². The number of esters is 1. The number of anilines is 1. The van der Waals surface area contributed by atoms with Gasteiger partial charge in [-0.2, -0.15) is 0 Å². The molecular formula is C17H17N3O6. The predicted molar refractivity (Wildman–Crippen MR) is 87.7 cm³/mol. The van der Waals surface area contributed by atoms with Gasteiger partial charge in [0.15, 0.2) is 0 Å². The van der Waals surface area contributed by atoms with E-state index in [0.29, 0.717) is 0 Å². The second-order valence-electron chi connectivity index (χ2n) is 6.03. The van der Waals surface area contributed by atoms with E-state index in [1.54, 1.807) is 6.07 Å². The number of hydrogen-bond donors (Lipinski definition) is 1. The van der Waals surface area contributed by atoms with E-state index in [-0.39, 0.29) is 42.8 Å². The monoisotopic (exact) mass is 359 g/mol. The van der Waals surface area contributed by atoms with Crippen LogP contribution in [0.1, 0.15) is 40.5 Å². The molecule has 0 radical (unpaired) electrons. The topological polar surface area (TPSA) is 127 Å². The first-order valence-corrected chi connectivity index (χ1v) is 8.07. The van der Waals surface area contributed by atoms with Crippen molar-refractivity contribution in [3.63, 3.8) is 0 Å². The fourth-order valence-electron chi connectivity index (χ4n) is 3.19. The number of benzene rings is 1. The lowest BCUT2D eigenvalue weighted by atomic mass is 10.0. The van der Waals surface area contributed by atoms with Crippen LogP contribution in [0.25, 0.3) is 0 Å². The van der Waals surface area contributed by atoms with Crippen molar-refractivity contribution in [1.29, 1.82) is 0 Å². The fraction of sp³-hybridized carbons (Fsp3) is 0.353. The summed E-state index contributed by atoms with van der Waals surface area (Å²) in [4.78, 5) is 62.7. The van der Waals surface area contributed by atoms with Crippen LogP contribution in [0.2, 0.25) is 0 Å². The molecular weight excluding hydrogens is 342 g/mol. The Labute approximate surface area is 148 Å². The van der Waals surface area contributed by atoms with E-state index < -0.39 is 35.6 Å². The van der Waals surface area contributed by atoms with Crippen LogP contribution in [-0.4, -0.2) is 58.6 Å². The van der Waals surface area contributed by atoms with Crippen LogP contribution >= 0.6 is 0 Å². The van der Waals surface area contributed by atoms with E-state index in [1.165, 1.54) is 19.1 Å². The van der Waals surface area contributed by atoms with Crippen molar-refractivity contribution < 1.29 is 28.7 Å². The number of carbonyl (C=O) groups excluding carboxylic acids is 5. The molecule has 2 heterocycles. The van der Waals surface area contributed by atoms with Gasteiger partial charge in [0.05, 0.1) is 17.7 Å². The van der Waals surface area contributed by atoms with Gasteiger partial charge in [-0.05, 0) is 18.6 Å². The first-order valence-electron chi connectivity index (χ1n) is 8.07. The summed E-state index contributed by atoms with van der Waals surface area (Å²) in [5, 5.41) is 0. The zero-order chi connectivity index (χ0) is 19.0. The third-order valence-electron chi connectivity index (χ3n) is 4.39. The molecule has 0 aliphatic carbocycles. The van der Waals surface area contributed by atoms with E-state index in [9.17, 15) is 24.0 Å². The number of ether oxygens (including phenoxy) is 1. The number of nitrogen functional groups attached to an aromatic ring is 1. The molecule has 1 unspecified atom stereocenters. The molecule has 2 N–H and O–H groups in total. The average molecular weight is 359 g/mol. The van der Waals surface area contributed by atoms with Crippen LogP contribution in [0.3, 0.4) is 0 Å². The third-order valence-corrected chi connectivity index (χ3v) is 4.39. The van der Waals surface area contributed by atoms with Crippen molar-refractivity contribution >= 4 is 35.3 Å². The summed E-state index contributed by atoms with van der Waals surface area (Å²) >= 11 is 0. The molecule has 0 spiro atoms. The number of rotatable bonds is 4. The van der Waals surface area contributed by atoms with E-state index in [1.807, 2.05) is 0 Å². The Bertz CT molecular complexity index is 834. The van der Waals surface area contributed by atoms with Gasteiger partial charge in [-0.25, -0.2) is 0 Å². The summed E-state index contributed by atoms with van der Waals surface area (Å²) in [5.41, 5.74) is 6.18. The number of nitrogens with zero attached hydrogens (tertiary/aromatic N) is 2. The number of imide groups is 2. The minimum absolute atomic E-state index is 0.000629. The molecule has 1 fully saturated rings. The predicted octanol–water partition coefficient (Wildman–Crippen LogP) is -0.0545. The molecule has 9 nitrogen and oxygen atoms in total. The van der Waals surface area contributed by atoms with Crippen LogP contribution in [0.4, 0.5) is 5.69 Å². The Balaban J connectivity index is 1.83. The lowest BCUT2D eigenvalue weighted by Gasteiger charge is -2.34. The van der Waals surface area contributed by atoms with Gasteiger partial charge >= 0.3 is 5.97 Å². The van der Waals surface area contributed by atoms with Crippen molar-refractivity contribution in [2.45, 2.75) is 25.8 Å². The molecule has 0 bridgehead atoms. The van der Waals surface area contributed by atoms with E-state index in [0.717, 1.165) is 9.80 Å². The van der Waals surface area contributed by atoms with Crippen molar-refractivity contribution in [2.24, 2.45) is 0 Å². The maximum atomic E-state index is 12.7. The molecule has 2 aliphatic rings. The minimum Gasteiger partial charge on any atom is -0.464 e. The van der Waals surface area contributed by atoms with E-state index >= 15 is 0 Å². The highest BCUT2D eigenvalue weighted by Crippen LogP contribution is 2.31. The van der Waals surface area contributed by atoms with Crippen molar-refractivity contribution in [2.75, 3.05) is 18.9 Å². The Kier molecular flexibility index (Phi) is 4.45. The molecule has 3 rings (SSSR count). The summed E-state index contributed by atoms with van der Waals surface area (Å²) in [6.07, 6.45) is 0.0481. The number of amides is 4. The zero-order valence-electron chi connectivity index (χ0n) is 14.1. The van der Waals surface area contributed by atoms with Gasteiger partial charge in [0.25, 0.3) is 17.7 Å². The van der Waals surface area contributed by atoms with Crippen molar-refractivity contribution in [1.82, 2.24) is 9.80 Å². The normalized spacial score (nSPS) is 19.8. The van der Waals surface area contributed by atoms with E-state index in [4.69, 9.17) is 10.5 Å². The van der Waals surface area contributed by atoms with Gasteiger partial charge in [-0.3, -0.25) is 33.8 Å². The second-order valence-corrected chi connectivity index (χ2v) is 6.03. The Hall–Kier alpha value is -3.23. The number of fused-ring (bicyclic) bond motifs is 1. The smallest absolute Gasteiger partial charge is 0.302 e. The molecule has 1 aromatic carbocycles. The van der Waals surface area contributed by atoms with Gasteiger partial charge in [0.2, 0.25) is 5.91 Å². The van der Waals surface area contributed by atoms with Gasteiger partial charge in [-0.15, -0.1) is 0 Å². The maximum absolute atomic E-state index is 12.7. The van der Waals surface area contributed by atoms with Gasteiger partial charge in [0.1, 0.15) is 12.6 Å². The first-order chi connectivity index (χ1) is 12.3. The molecule has 0 saturated carbocycles. The SMILES string of the molecule is CC(=O)OCCN1C(=O)CCC(N2C(=O)c3cccc(N)c3C2=O)C1=O. The summed E-state index contributed by atoms with van der Waals surface area (Å²) in [5.74, 6) is -2.88. The first kappa shape index (κ1) is 17.6. The zero-order valence-corrected chi connectivity index (χ0v) is 14.1.